The number of rotatable bonds is 6. The Morgan fingerprint density at radius 3 is 2.59 bits per heavy atom. The highest BCUT2D eigenvalue weighted by atomic mass is 19.4. The van der Waals surface area contributed by atoms with E-state index in [-0.39, 0.29) is 11.1 Å². The van der Waals surface area contributed by atoms with Gasteiger partial charge in [0.25, 0.3) is 5.91 Å². The van der Waals surface area contributed by atoms with Crippen LogP contribution in [0.2, 0.25) is 0 Å². The van der Waals surface area contributed by atoms with Crippen molar-refractivity contribution in [2.45, 2.75) is 31.6 Å². The number of carbonyl (C=O) groups excluding carboxylic acids is 1. The summed E-state index contributed by atoms with van der Waals surface area (Å²) in [7, 11) is 2.01. The van der Waals surface area contributed by atoms with E-state index in [0.717, 1.165) is 13.0 Å². The van der Waals surface area contributed by atoms with Crippen LogP contribution in [0, 0.1) is 6.92 Å². The van der Waals surface area contributed by atoms with Gasteiger partial charge in [-0.2, -0.15) is 13.2 Å². The second kappa shape index (κ2) is 8.82. The second-order valence-corrected chi connectivity index (χ2v) is 8.23. The predicted molar refractivity (Wildman–Crippen MR) is 118 cm³/mol. The summed E-state index contributed by atoms with van der Waals surface area (Å²) < 4.78 is 47.9. The summed E-state index contributed by atoms with van der Waals surface area (Å²) in [5, 5.41) is 3.35. The molecule has 1 saturated heterocycles. The minimum Gasteiger partial charge on any atom is -0.492 e. The van der Waals surface area contributed by atoms with Gasteiger partial charge in [0.05, 0.1) is 0 Å². The number of ether oxygens (including phenoxy) is 1. The molecule has 1 aliphatic heterocycles. The first kappa shape index (κ1) is 22.1. The second-order valence-electron chi connectivity index (χ2n) is 8.23. The van der Waals surface area contributed by atoms with Crippen LogP contribution in [0.3, 0.4) is 0 Å². The molecule has 1 heterocycles. The van der Waals surface area contributed by atoms with E-state index in [1.165, 1.54) is 12.1 Å². The van der Waals surface area contributed by atoms with Crippen LogP contribution in [0.25, 0.3) is 10.8 Å². The Bertz CT molecular complexity index is 1120. The van der Waals surface area contributed by atoms with Gasteiger partial charge in [-0.05, 0) is 61.0 Å². The molecule has 2 atom stereocenters. The number of alkyl halides is 3. The van der Waals surface area contributed by atoms with Crippen LogP contribution in [0.4, 0.5) is 13.2 Å². The Kier molecular flexibility index (Phi) is 6.11. The molecule has 7 heteroatoms. The highest BCUT2D eigenvalue weighted by Gasteiger charge is 2.42. The number of benzene rings is 3. The van der Waals surface area contributed by atoms with Crippen LogP contribution >= 0.6 is 0 Å². The van der Waals surface area contributed by atoms with Crippen molar-refractivity contribution in [3.05, 3.63) is 77.4 Å². The van der Waals surface area contributed by atoms with Gasteiger partial charge < -0.3 is 10.1 Å². The zero-order valence-electron chi connectivity index (χ0n) is 17.9. The van der Waals surface area contributed by atoms with Gasteiger partial charge in [-0.1, -0.05) is 48.5 Å². The minimum absolute atomic E-state index is 0.0158. The van der Waals surface area contributed by atoms with Crippen LogP contribution < -0.4 is 10.1 Å². The molecular formula is C25H25F3N2O2. The smallest absolute Gasteiger partial charge is 0.412 e. The average Bonchev–Trinajstić information content (AvgIpc) is 2.76. The Balaban J connectivity index is 1.59. The van der Waals surface area contributed by atoms with Gasteiger partial charge in [0.1, 0.15) is 12.4 Å². The van der Waals surface area contributed by atoms with Gasteiger partial charge in [0.2, 0.25) is 0 Å². The average molecular weight is 442 g/mol. The number of fused-ring (bicyclic) bond motifs is 1. The lowest BCUT2D eigenvalue weighted by Gasteiger charge is -2.37. The topological polar surface area (TPSA) is 41.6 Å². The lowest BCUT2D eigenvalue weighted by Crippen LogP contribution is -2.48. The molecule has 3 aromatic rings. The number of nitrogens with zero attached hydrogens (tertiary/aromatic N) is 1. The van der Waals surface area contributed by atoms with E-state index in [2.05, 4.69) is 10.2 Å². The highest BCUT2D eigenvalue weighted by Crippen LogP contribution is 2.36. The molecule has 1 unspecified atom stereocenters. The number of amides is 1. The first-order chi connectivity index (χ1) is 15.2. The molecule has 0 radical (unpaired) electrons. The summed E-state index contributed by atoms with van der Waals surface area (Å²) in [6.45, 7) is 3.18. The van der Waals surface area contributed by atoms with Gasteiger partial charge in [0.15, 0.2) is 6.04 Å². The Labute approximate surface area is 185 Å². The molecule has 0 aliphatic carbocycles. The van der Waals surface area contributed by atoms with Crippen LogP contribution in [-0.4, -0.2) is 43.2 Å². The molecule has 1 aliphatic rings. The molecule has 1 amide bonds. The van der Waals surface area contributed by atoms with Crippen molar-refractivity contribution in [1.29, 1.82) is 0 Å². The number of hydrogen-bond donors (Lipinski definition) is 1. The maximum Gasteiger partial charge on any atom is 0.412 e. The molecule has 0 saturated carbocycles. The number of likely N-dealkylation sites (tertiary alicyclic amines) is 1. The normalized spacial score (nSPS) is 17.6. The minimum atomic E-state index is -4.66. The number of halogens is 3. The molecule has 168 valence electrons. The molecule has 0 bridgehead atoms. The van der Waals surface area contributed by atoms with Crippen LogP contribution in [-0.2, 0) is 0 Å². The number of carbonyl (C=O) groups is 1. The van der Waals surface area contributed by atoms with Crippen LogP contribution in [0.5, 0.6) is 5.75 Å². The third-order valence-electron chi connectivity index (χ3n) is 6.07. The lowest BCUT2D eigenvalue weighted by molar-refractivity contribution is -0.154. The number of aryl methyl sites for hydroxylation is 1. The summed E-state index contributed by atoms with van der Waals surface area (Å²) >= 11 is 0. The van der Waals surface area contributed by atoms with E-state index in [4.69, 9.17) is 4.74 Å². The number of likely N-dealkylation sites (N-methyl/N-ethyl adjacent to an activating group) is 1. The monoisotopic (exact) mass is 442 g/mol. The third-order valence-corrected chi connectivity index (χ3v) is 6.07. The first-order valence-corrected chi connectivity index (χ1v) is 10.5. The summed E-state index contributed by atoms with van der Waals surface area (Å²) in [6.07, 6.45) is -3.62. The summed E-state index contributed by atoms with van der Waals surface area (Å²) in [6, 6.07) is 14.7. The summed E-state index contributed by atoms with van der Waals surface area (Å²) in [4.78, 5) is 15.1. The van der Waals surface area contributed by atoms with E-state index in [9.17, 15) is 18.0 Å². The summed E-state index contributed by atoms with van der Waals surface area (Å²) in [5.74, 6) is -0.321. The Morgan fingerprint density at radius 2 is 1.91 bits per heavy atom. The molecule has 1 N–H and O–H groups in total. The quantitative estimate of drug-likeness (QED) is 0.566. The molecule has 4 nitrogen and oxygen atoms in total. The molecular weight excluding hydrogens is 417 g/mol. The van der Waals surface area contributed by atoms with E-state index in [1.54, 1.807) is 55.5 Å². The molecule has 4 rings (SSSR count). The first-order valence-electron chi connectivity index (χ1n) is 10.5. The van der Waals surface area contributed by atoms with Crippen molar-refractivity contribution in [3.8, 4) is 5.75 Å². The van der Waals surface area contributed by atoms with Gasteiger partial charge in [-0.25, -0.2) is 0 Å². The molecule has 32 heavy (non-hydrogen) atoms. The number of hydrogen-bond acceptors (Lipinski definition) is 3. The maximum atomic E-state index is 14.0. The maximum absolute atomic E-state index is 14.0. The van der Waals surface area contributed by atoms with Crippen molar-refractivity contribution in [3.63, 3.8) is 0 Å². The molecule has 3 aromatic carbocycles. The van der Waals surface area contributed by atoms with Gasteiger partial charge in [-0.3, -0.25) is 9.69 Å². The largest absolute Gasteiger partial charge is 0.492 e. The van der Waals surface area contributed by atoms with Crippen molar-refractivity contribution in [2.24, 2.45) is 0 Å². The highest BCUT2D eigenvalue weighted by molar-refractivity contribution is 5.97. The fourth-order valence-corrected chi connectivity index (χ4v) is 3.96. The SMILES string of the molecule is Cc1ccc(OCC2CCN2C)cc1C(=O)N[C@@H](c1cccc2ccccc12)C(F)(F)F. The predicted octanol–water partition coefficient (Wildman–Crippen LogP) is 5.26. The van der Waals surface area contributed by atoms with Crippen molar-refractivity contribution in [1.82, 2.24) is 10.2 Å². The van der Waals surface area contributed by atoms with Crippen LogP contribution in [0.1, 0.15) is 33.9 Å². The van der Waals surface area contributed by atoms with E-state index in [0.29, 0.717) is 34.7 Å². The molecule has 0 spiro atoms. The molecule has 0 aromatic heterocycles. The van der Waals surface area contributed by atoms with Gasteiger partial charge in [0, 0.05) is 11.6 Å². The van der Waals surface area contributed by atoms with E-state index >= 15 is 0 Å². The standard InChI is InChI=1S/C25H25F3N2O2/c1-16-10-11-19(32-15-18-12-13-30(18)2)14-22(16)24(31)29-23(25(26,27)28)21-9-5-7-17-6-3-4-8-20(17)21/h3-11,14,18,23H,12-13,15H2,1-2H3,(H,29,31)/t18?,23-/m0/s1. The van der Waals surface area contributed by atoms with Crippen molar-refractivity contribution >= 4 is 16.7 Å². The molecule has 1 fully saturated rings. The van der Waals surface area contributed by atoms with E-state index < -0.39 is 18.1 Å². The van der Waals surface area contributed by atoms with Gasteiger partial charge in [-0.15, -0.1) is 0 Å². The van der Waals surface area contributed by atoms with Gasteiger partial charge >= 0.3 is 6.18 Å². The van der Waals surface area contributed by atoms with Crippen LogP contribution in [0.15, 0.2) is 60.7 Å². The third kappa shape index (κ3) is 4.58. The van der Waals surface area contributed by atoms with Crippen molar-refractivity contribution < 1.29 is 22.7 Å². The van der Waals surface area contributed by atoms with E-state index in [1.807, 2.05) is 7.05 Å². The fraction of sp³-hybridized carbons (Fsp3) is 0.320. The fourth-order valence-electron chi connectivity index (χ4n) is 3.96. The summed E-state index contributed by atoms with van der Waals surface area (Å²) in [5.41, 5.74) is 0.760. The Morgan fingerprint density at radius 1 is 1.16 bits per heavy atom. The van der Waals surface area contributed by atoms with Crippen molar-refractivity contribution in [2.75, 3.05) is 20.2 Å². The zero-order valence-corrected chi connectivity index (χ0v) is 17.9. The number of nitrogens with one attached hydrogen (secondary N) is 1. The zero-order chi connectivity index (χ0) is 22.9. The Hall–Kier alpha value is -3.06. The lowest BCUT2D eigenvalue weighted by atomic mass is 9.97.